The molecule has 0 spiro atoms. The van der Waals surface area contributed by atoms with Crippen molar-refractivity contribution in [1.82, 2.24) is 10.2 Å². The molecule has 23 heavy (non-hydrogen) atoms. The number of nitrogens with zero attached hydrogens (tertiary/aromatic N) is 2. The second-order valence-electron chi connectivity index (χ2n) is 4.56. The Kier molecular flexibility index (Phi) is 6.43. The minimum absolute atomic E-state index is 0.298. The van der Waals surface area contributed by atoms with Crippen LogP contribution in [-0.2, 0) is 11.2 Å². The smallest absolute Gasteiger partial charge is 0.412 e. The second kappa shape index (κ2) is 8.55. The second-order valence-corrected chi connectivity index (χ2v) is 5.41. The van der Waals surface area contributed by atoms with Gasteiger partial charge in [-0.05, 0) is 43.2 Å². The molecule has 1 heterocycles. The number of hydrogen-bond donors (Lipinski definition) is 2. The molecular formula is C15H16Cl2N4O2. The van der Waals surface area contributed by atoms with Gasteiger partial charge in [0.25, 0.3) is 0 Å². The number of benzene rings is 1. The highest BCUT2D eigenvalue weighted by Gasteiger charge is 2.04. The Hall–Kier alpha value is -2.05. The van der Waals surface area contributed by atoms with E-state index in [-0.39, 0.29) is 0 Å². The van der Waals surface area contributed by atoms with Crippen LogP contribution < -0.4 is 10.6 Å². The summed E-state index contributed by atoms with van der Waals surface area (Å²) in [6, 6.07) is 8.77. The molecular weight excluding hydrogens is 339 g/mol. The first-order chi connectivity index (χ1) is 11.1. The number of ether oxygens (including phenoxy) is 1. The maximum absolute atomic E-state index is 11.2. The summed E-state index contributed by atoms with van der Waals surface area (Å²) in [5.74, 6) is 0.930. The molecule has 0 bridgehead atoms. The summed E-state index contributed by atoms with van der Waals surface area (Å²) < 4.78 is 4.75. The van der Waals surface area contributed by atoms with E-state index >= 15 is 0 Å². The van der Waals surface area contributed by atoms with Gasteiger partial charge >= 0.3 is 6.09 Å². The number of amides is 1. The number of carbonyl (C=O) groups is 1. The summed E-state index contributed by atoms with van der Waals surface area (Å²) in [4.78, 5) is 11.2. The molecule has 0 unspecified atom stereocenters. The molecule has 122 valence electrons. The Labute approximate surface area is 144 Å². The third-order valence-corrected chi connectivity index (χ3v) is 3.47. The van der Waals surface area contributed by atoms with Gasteiger partial charge in [-0.15, -0.1) is 10.2 Å². The van der Waals surface area contributed by atoms with Gasteiger partial charge in [0.05, 0.1) is 6.61 Å². The van der Waals surface area contributed by atoms with Crippen molar-refractivity contribution < 1.29 is 9.53 Å². The minimum atomic E-state index is -0.556. The van der Waals surface area contributed by atoms with Gasteiger partial charge < -0.3 is 10.1 Å². The average Bonchev–Trinajstić information content (AvgIpc) is 2.51. The molecule has 0 aliphatic rings. The van der Waals surface area contributed by atoms with Crippen LogP contribution in [0.3, 0.4) is 0 Å². The maximum atomic E-state index is 11.2. The van der Waals surface area contributed by atoms with E-state index in [1.54, 1.807) is 31.2 Å². The summed E-state index contributed by atoms with van der Waals surface area (Å²) in [6.45, 7) is 2.66. The summed E-state index contributed by atoms with van der Waals surface area (Å²) in [7, 11) is 0. The van der Waals surface area contributed by atoms with Gasteiger partial charge in [0.2, 0.25) is 0 Å². The van der Waals surface area contributed by atoms with Gasteiger partial charge in [-0.25, -0.2) is 4.79 Å². The number of hydrogen-bond acceptors (Lipinski definition) is 5. The summed E-state index contributed by atoms with van der Waals surface area (Å²) in [5.41, 5.74) is 0.997. The maximum Gasteiger partial charge on any atom is 0.412 e. The summed E-state index contributed by atoms with van der Waals surface area (Å²) in [5, 5.41) is 14.7. The SMILES string of the molecule is CCOC(=O)Nc1ccc(NCCc2ccc(Cl)cc2Cl)nn1. The fourth-order valence-electron chi connectivity index (χ4n) is 1.81. The van der Waals surface area contributed by atoms with E-state index in [1.807, 2.05) is 6.07 Å². The average molecular weight is 355 g/mol. The highest BCUT2D eigenvalue weighted by molar-refractivity contribution is 6.35. The van der Waals surface area contributed by atoms with Crippen molar-refractivity contribution >= 4 is 40.9 Å². The van der Waals surface area contributed by atoms with Crippen LogP contribution in [0.2, 0.25) is 10.0 Å². The van der Waals surface area contributed by atoms with E-state index in [9.17, 15) is 4.79 Å². The molecule has 2 rings (SSSR count). The summed E-state index contributed by atoms with van der Waals surface area (Å²) in [6.07, 6.45) is 0.167. The minimum Gasteiger partial charge on any atom is -0.450 e. The van der Waals surface area contributed by atoms with E-state index < -0.39 is 6.09 Å². The topological polar surface area (TPSA) is 76.1 Å². The van der Waals surface area contributed by atoms with Crippen molar-refractivity contribution in [1.29, 1.82) is 0 Å². The summed E-state index contributed by atoms with van der Waals surface area (Å²) >= 11 is 12.0. The van der Waals surface area contributed by atoms with Crippen molar-refractivity contribution in [3.63, 3.8) is 0 Å². The number of anilines is 2. The van der Waals surface area contributed by atoms with Crippen LogP contribution in [0.5, 0.6) is 0 Å². The fraction of sp³-hybridized carbons (Fsp3) is 0.267. The number of carbonyl (C=O) groups excluding carboxylic acids is 1. The van der Waals surface area contributed by atoms with E-state index in [1.165, 1.54) is 0 Å². The first-order valence-electron chi connectivity index (χ1n) is 7.04. The third-order valence-electron chi connectivity index (χ3n) is 2.89. The molecule has 0 fully saturated rings. The molecule has 0 radical (unpaired) electrons. The Balaban J connectivity index is 1.83. The number of rotatable bonds is 6. The molecule has 0 saturated heterocycles. The third kappa shape index (κ3) is 5.58. The van der Waals surface area contributed by atoms with Crippen LogP contribution in [0, 0.1) is 0 Å². The zero-order valence-corrected chi connectivity index (χ0v) is 14.0. The predicted octanol–water partition coefficient (Wildman–Crippen LogP) is 4.01. The van der Waals surface area contributed by atoms with Crippen molar-refractivity contribution in [2.24, 2.45) is 0 Å². The molecule has 2 N–H and O–H groups in total. The van der Waals surface area contributed by atoms with Crippen LogP contribution in [0.1, 0.15) is 12.5 Å². The van der Waals surface area contributed by atoms with E-state index in [4.69, 9.17) is 27.9 Å². The normalized spacial score (nSPS) is 10.2. The highest BCUT2D eigenvalue weighted by atomic mass is 35.5. The van der Waals surface area contributed by atoms with Crippen molar-refractivity contribution in [3.05, 3.63) is 45.9 Å². The Morgan fingerprint density at radius 2 is 1.91 bits per heavy atom. The molecule has 6 nitrogen and oxygen atoms in total. The zero-order chi connectivity index (χ0) is 16.7. The van der Waals surface area contributed by atoms with Crippen LogP contribution in [0.4, 0.5) is 16.4 Å². The highest BCUT2D eigenvalue weighted by Crippen LogP contribution is 2.21. The fourth-order valence-corrected chi connectivity index (χ4v) is 2.32. The molecule has 0 saturated carbocycles. The van der Waals surface area contributed by atoms with Gasteiger partial charge in [-0.2, -0.15) is 0 Å². The lowest BCUT2D eigenvalue weighted by Crippen LogP contribution is -2.15. The quantitative estimate of drug-likeness (QED) is 0.819. The van der Waals surface area contributed by atoms with Gasteiger partial charge in [0.15, 0.2) is 5.82 Å². The van der Waals surface area contributed by atoms with Crippen LogP contribution in [0.15, 0.2) is 30.3 Å². The molecule has 8 heteroatoms. The van der Waals surface area contributed by atoms with Gasteiger partial charge in [-0.3, -0.25) is 5.32 Å². The Morgan fingerprint density at radius 3 is 2.57 bits per heavy atom. The van der Waals surface area contributed by atoms with E-state index in [0.29, 0.717) is 34.8 Å². The lowest BCUT2D eigenvalue weighted by Gasteiger charge is -2.08. The predicted molar refractivity (Wildman–Crippen MR) is 91.3 cm³/mol. The van der Waals surface area contributed by atoms with Crippen molar-refractivity contribution in [2.45, 2.75) is 13.3 Å². The largest absolute Gasteiger partial charge is 0.450 e. The first kappa shape index (κ1) is 17.3. The van der Waals surface area contributed by atoms with Crippen LogP contribution in [0.25, 0.3) is 0 Å². The molecule has 2 aromatic rings. The standard InChI is InChI=1S/C15H16Cl2N4O2/c1-2-23-15(22)19-14-6-5-13(20-21-14)18-8-7-10-3-4-11(16)9-12(10)17/h3-6,9H,2,7-8H2,1H3,(H,18,20)(H,19,21,22). The van der Waals surface area contributed by atoms with Crippen LogP contribution in [-0.4, -0.2) is 29.4 Å². The Morgan fingerprint density at radius 1 is 1.17 bits per heavy atom. The van der Waals surface area contributed by atoms with E-state index in [2.05, 4.69) is 20.8 Å². The molecule has 1 aromatic carbocycles. The molecule has 0 aliphatic carbocycles. The molecule has 0 atom stereocenters. The number of aromatic nitrogens is 2. The molecule has 1 amide bonds. The molecule has 0 aliphatic heterocycles. The van der Waals surface area contributed by atoms with E-state index in [0.717, 1.165) is 12.0 Å². The zero-order valence-electron chi connectivity index (χ0n) is 12.5. The van der Waals surface area contributed by atoms with Crippen molar-refractivity contribution in [3.8, 4) is 0 Å². The number of nitrogens with one attached hydrogen (secondary N) is 2. The van der Waals surface area contributed by atoms with Gasteiger partial charge in [0.1, 0.15) is 5.82 Å². The Bertz CT molecular complexity index is 665. The first-order valence-corrected chi connectivity index (χ1v) is 7.79. The van der Waals surface area contributed by atoms with Crippen LogP contribution >= 0.6 is 23.2 Å². The molecule has 1 aromatic heterocycles. The number of halogens is 2. The lowest BCUT2D eigenvalue weighted by molar-refractivity contribution is 0.168. The monoisotopic (exact) mass is 354 g/mol. The lowest BCUT2D eigenvalue weighted by atomic mass is 10.1. The van der Waals surface area contributed by atoms with Gasteiger partial charge in [-0.1, -0.05) is 29.3 Å². The van der Waals surface area contributed by atoms with Crippen molar-refractivity contribution in [2.75, 3.05) is 23.8 Å². The van der Waals surface area contributed by atoms with Gasteiger partial charge in [0, 0.05) is 16.6 Å².